The van der Waals surface area contributed by atoms with E-state index in [4.69, 9.17) is 9.72 Å². The average molecular weight is 541 g/mol. The Morgan fingerprint density at radius 2 is 1.69 bits per heavy atom. The van der Waals surface area contributed by atoms with Crippen LogP contribution in [0.4, 0.5) is 5.13 Å². The molecule has 0 saturated carbocycles. The third-order valence-electron chi connectivity index (χ3n) is 5.49. The highest BCUT2D eigenvalue weighted by molar-refractivity contribution is 7.89. The number of aromatic nitrogens is 1. The summed E-state index contributed by atoms with van der Waals surface area (Å²) in [6.45, 7) is 5.70. The fraction of sp³-hybridized carbons (Fsp3) is 0.417. The number of anilines is 1. The standard InChI is InChI=1S/C24H32N4O4S2.ClH/c1-6-27(7-2)34(30,31)20-12-9-18(10-13-20)23(29)28(16-8-15-26(3)4)24-25-21-17-19(32-5)11-14-22(21)33-24;/h9-14,17H,6-8,15-16H2,1-5H3;1H. The Labute approximate surface area is 218 Å². The second-order valence-corrected chi connectivity index (χ2v) is 11.0. The average Bonchev–Trinajstić information content (AvgIpc) is 3.24. The molecule has 1 heterocycles. The molecule has 2 aromatic carbocycles. The molecule has 0 spiro atoms. The first-order chi connectivity index (χ1) is 16.2. The van der Waals surface area contributed by atoms with Gasteiger partial charge in [0.15, 0.2) is 5.13 Å². The van der Waals surface area contributed by atoms with Gasteiger partial charge < -0.3 is 9.64 Å². The van der Waals surface area contributed by atoms with Crippen molar-refractivity contribution in [2.24, 2.45) is 0 Å². The van der Waals surface area contributed by atoms with Gasteiger partial charge >= 0.3 is 0 Å². The lowest BCUT2D eigenvalue weighted by atomic mass is 10.2. The van der Waals surface area contributed by atoms with Crippen molar-refractivity contribution in [1.82, 2.24) is 14.2 Å². The van der Waals surface area contributed by atoms with E-state index in [1.54, 1.807) is 38.0 Å². The predicted octanol–water partition coefficient (Wildman–Crippen LogP) is 4.36. The molecule has 3 rings (SSSR count). The van der Waals surface area contributed by atoms with Gasteiger partial charge in [-0.3, -0.25) is 9.69 Å². The van der Waals surface area contributed by atoms with Gasteiger partial charge in [-0.1, -0.05) is 25.2 Å². The number of amides is 1. The highest BCUT2D eigenvalue weighted by Crippen LogP contribution is 2.32. The molecule has 8 nitrogen and oxygen atoms in total. The Morgan fingerprint density at radius 1 is 1.03 bits per heavy atom. The van der Waals surface area contributed by atoms with E-state index < -0.39 is 10.0 Å². The van der Waals surface area contributed by atoms with Gasteiger partial charge in [-0.15, -0.1) is 12.4 Å². The summed E-state index contributed by atoms with van der Waals surface area (Å²) in [5.74, 6) is 0.497. The van der Waals surface area contributed by atoms with Crippen LogP contribution in [0.5, 0.6) is 5.75 Å². The molecule has 3 aromatic rings. The SMILES string of the molecule is CCN(CC)S(=O)(=O)c1ccc(C(=O)N(CCCN(C)C)c2nc3cc(OC)ccc3s2)cc1.Cl. The van der Waals surface area contributed by atoms with Crippen molar-refractivity contribution >= 4 is 55.0 Å². The molecule has 0 unspecified atom stereocenters. The Balaban J connectivity index is 0.00000432. The van der Waals surface area contributed by atoms with E-state index in [0.717, 1.165) is 23.2 Å². The third kappa shape index (κ3) is 6.71. The van der Waals surface area contributed by atoms with Gasteiger partial charge in [-0.2, -0.15) is 4.31 Å². The summed E-state index contributed by atoms with van der Waals surface area (Å²) in [6, 6.07) is 11.8. The topological polar surface area (TPSA) is 83.1 Å². The molecule has 0 atom stereocenters. The minimum absolute atomic E-state index is 0. The van der Waals surface area contributed by atoms with E-state index in [9.17, 15) is 13.2 Å². The number of carbonyl (C=O) groups is 1. The molecule has 0 aliphatic carbocycles. The molecule has 0 radical (unpaired) electrons. The van der Waals surface area contributed by atoms with Gasteiger partial charge in [0.1, 0.15) is 5.75 Å². The smallest absolute Gasteiger partial charge is 0.260 e. The van der Waals surface area contributed by atoms with Crippen molar-refractivity contribution in [2.75, 3.05) is 52.3 Å². The van der Waals surface area contributed by atoms with Gasteiger partial charge in [-0.25, -0.2) is 13.4 Å². The quantitative estimate of drug-likeness (QED) is 0.359. The van der Waals surface area contributed by atoms with E-state index in [1.807, 2.05) is 32.3 Å². The number of carbonyl (C=O) groups excluding carboxylic acids is 1. The maximum Gasteiger partial charge on any atom is 0.260 e. The van der Waals surface area contributed by atoms with Gasteiger partial charge in [-0.05, 0) is 63.5 Å². The third-order valence-corrected chi connectivity index (χ3v) is 8.61. The maximum absolute atomic E-state index is 13.5. The summed E-state index contributed by atoms with van der Waals surface area (Å²) in [5.41, 5.74) is 1.19. The monoisotopic (exact) mass is 540 g/mol. The van der Waals surface area contributed by atoms with Crippen molar-refractivity contribution in [2.45, 2.75) is 25.2 Å². The predicted molar refractivity (Wildman–Crippen MR) is 145 cm³/mol. The Morgan fingerprint density at radius 3 is 2.26 bits per heavy atom. The zero-order valence-corrected chi connectivity index (χ0v) is 23.2. The molecule has 0 saturated heterocycles. The molecule has 0 bridgehead atoms. The summed E-state index contributed by atoms with van der Waals surface area (Å²) in [6.07, 6.45) is 0.770. The minimum Gasteiger partial charge on any atom is -0.497 e. The number of thiazole rings is 1. The normalized spacial score (nSPS) is 11.6. The van der Waals surface area contributed by atoms with Gasteiger partial charge in [0.25, 0.3) is 5.91 Å². The molecular formula is C24H33ClN4O4S2. The number of ether oxygens (including phenoxy) is 1. The van der Waals surface area contributed by atoms with Crippen LogP contribution in [0.1, 0.15) is 30.6 Å². The number of rotatable bonds is 11. The van der Waals surface area contributed by atoms with E-state index in [0.29, 0.717) is 36.1 Å². The molecule has 0 aliphatic heterocycles. The Bertz CT molecular complexity index is 1230. The van der Waals surface area contributed by atoms with Crippen LogP contribution in [0.2, 0.25) is 0 Å². The first-order valence-corrected chi connectivity index (χ1v) is 13.5. The number of nitrogens with zero attached hydrogens (tertiary/aromatic N) is 4. The van der Waals surface area contributed by atoms with Crippen LogP contribution in [-0.4, -0.2) is 75.9 Å². The fourth-order valence-corrected chi connectivity index (χ4v) is 6.03. The molecule has 192 valence electrons. The van der Waals surface area contributed by atoms with Crippen molar-refractivity contribution in [3.05, 3.63) is 48.0 Å². The number of halogens is 1. The minimum atomic E-state index is -3.58. The lowest BCUT2D eigenvalue weighted by molar-refractivity contribution is 0.0986. The zero-order valence-electron chi connectivity index (χ0n) is 20.7. The van der Waals surface area contributed by atoms with Crippen LogP contribution in [0.3, 0.4) is 0 Å². The Hall–Kier alpha value is -2.24. The van der Waals surface area contributed by atoms with E-state index in [1.165, 1.54) is 27.8 Å². The summed E-state index contributed by atoms with van der Waals surface area (Å²) >= 11 is 1.45. The summed E-state index contributed by atoms with van der Waals surface area (Å²) < 4.78 is 33.2. The van der Waals surface area contributed by atoms with E-state index in [-0.39, 0.29) is 23.2 Å². The highest BCUT2D eigenvalue weighted by atomic mass is 35.5. The molecule has 11 heteroatoms. The van der Waals surface area contributed by atoms with Crippen LogP contribution < -0.4 is 9.64 Å². The number of sulfonamides is 1. The van der Waals surface area contributed by atoms with Crippen LogP contribution >= 0.6 is 23.7 Å². The number of methoxy groups -OCH3 is 1. The van der Waals surface area contributed by atoms with Crippen LogP contribution in [0.25, 0.3) is 10.2 Å². The Kier molecular flexibility index (Phi) is 10.5. The number of benzene rings is 2. The van der Waals surface area contributed by atoms with E-state index >= 15 is 0 Å². The molecular weight excluding hydrogens is 508 g/mol. The van der Waals surface area contributed by atoms with Crippen LogP contribution in [0.15, 0.2) is 47.4 Å². The van der Waals surface area contributed by atoms with Gasteiger partial charge in [0, 0.05) is 31.3 Å². The van der Waals surface area contributed by atoms with Gasteiger partial charge in [0.05, 0.1) is 22.2 Å². The number of hydrogen-bond acceptors (Lipinski definition) is 7. The molecule has 1 amide bonds. The summed E-state index contributed by atoms with van der Waals surface area (Å²) in [7, 11) is 2.01. The summed E-state index contributed by atoms with van der Waals surface area (Å²) in [5, 5.41) is 0.604. The van der Waals surface area contributed by atoms with Crippen LogP contribution in [0, 0.1) is 0 Å². The largest absolute Gasteiger partial charge is 0.497 e. The second-order valence-electron chi connectivity index (χ2n) is 8.06. The first kappa shape index (κ1) is 29.0. The summed E-state index contributed by atoms with van der Waals surface area (Å²) in [4.78, 5) is 22.1. The molecule has 1 aromatic heterocycles. The van der Waals surface area contributed by atoms with Crippen molar-refractivity contribution < 1.29 is 17.9 Å². The second kappa shape index (κ2) is 12.6. The number of hydrogen-bond donors (Lipinski definition) is 0. The molecule has 0 fully saturated rings. The molecule has 0 aliphatic rings. The van der Waals surface area contributed by atoms with E-state index in [2.05, 4.69) is 4.90 Å². The highest BCUT2D eigenvalue weighted by Gasteiger charge is 2.24. The lowest BCUT2D eigenvalue weighted by Crippen LogP contribution is -2.33. The zero-order chi connectivity index (χ0) is 24.9. The lowest BCUT2D eigenvalue weighted by Gasteiger charge is -2.22. The molecule has 35 heavy (non-hydrogen) atoms. The van der Waals surface area contributed by atoms with Crippen molar-refractivity contribution in [3.8, 4) is 5.75 Å². The number of fused-ring (bicyclic) bond motifs is 1. The fourth-order valence-electron chi connectivity index (χ4n) is 3.60. The maximum atomic E-state index is 13.5. The molecule has 0 N–H and O–H groups in total. The van der Waals surface area contributed by atoms with Crippen LogP contribution in [-0.2, 0) is 10.0 Å². The first-order valence-electron chi connectivity index (χ1n) is 11.2. The van der Waals surface area contributed by atoms with Gasteiger partial charge in [0.2, 0.25) is 10.0 Å². The van der Waals surface area contributed by atoms with Crippen molar-refractivity contribution in [1.29, 1.82) is 0 Å². The van der Waals surface area contributed by atoms with Crippen molar-refractivity contribution in [3.63, 3.8) is 0 Å².